The summed E-state index contributed by atoms with van der Waals surface area (Å²) < 4.78 is 6.89. The monoisotopic (exact) mass is 268 g/mol. The first kappa shape index (κ1) is 12.5. The van der Waals surface area contributed by atoms with Crippen LogP contribution in [0.1, 0.15) is 11.1 Å². The number of hydrogen-bond acceptors (Lipinski definition) is 2. The number of ether oxygens (including phenoxy) is 1. The van der Waals surface area contributed by atoms with Gasteiger partial charge in [-0.3, -0.25) is 4.57 Å². The van der Waals surface area contributed by atoms with E-state index in [0.717, 1.165) is 27.9 Å². The summed E-state index contributed by atoms with van der Waals surface area (Å²) in [7, 11) is 1.64. The summed E-state index contributed by atoms with van der Waals surface area (Å²) >= 11 is 0. The van der Waals surface area contributed by atoms with Gasteiger partial charge in [0.15, 0.2) is 0 Å². The Morgan fingerprint density at radius 2 is 1.90 bits per heavy atom. The van der Waals surface area contributed by atoms with Gasteiger partial charge in [0.2, 0.25) is 0 Å². The molecule has 102 valence electrons. The van der Waals surface area contributed by atoms with Crippen molar-refractivity contribution in [1.29, 1.82) is 0 Å². The standard InChI is InChI=1S/C16H16N2O2/c1-11-3-8-14-15(9-11)18(16(19)17-14)10-12-4-6-13(20-2)7-5-12/h3-9H,10H2,1-2H3,(H,17,19). The lowest BCUT2D eigenvalue weighted by molar-refractivity contribution is 0.414. The highest BCUT2D eigenvalue weighted by Gasteiger charge is 2.07. The number of fused-ring (bicyclic) bond motifs is 1. The van der Waals surface area contributed by atoms with Gasteiger partial charge in [0.25, 0.3) is 0 Å². The molecule has 0 saturated carbocycles. The van der Waals surface area contributed by atoms with E-state index in [1.165, 1.54) is 0 Å². The molecule has 3 aromatic rings. The van der Waals surface area contributed by atoms with Gasteiger partial charge in [-0.25, -0.2) is 4.79 Å². The molecule has 1 heterocycles. The maximum absolute atomic E-state index is 12.1. The number of rotatable bonds is 3. The molecular weight excluding hydrogens is 252 g/mol. The Morgan fingerprint density at radius 1 is 1.15 bits per heavy atom. The molecule has 4 heteroatoms. The smallest absolute Gasteiger partial charge is 0.326 e. The van der Waals surface area contributed by atoms with Crippen LogP contribution in [0, 0.1) is 6.92 Å². The lowest BCUT2D eigenvalue weighted by atomic mass is 10.2. The normalized spacial score (nSPS) is 10.9. The van der Waals surface area contributed by atoms with Gasteiger partial charge < -0.3 is 9.72 Å². The average Bonchev–Trinajstić information content (AvgIpc) is 2.76. The van der Waals surface area contributed by atoms with Crippen molar-refractivity contribution in [2.24, 2.45) is 0 Å². The molecule has 0 aliphatic heterocycles. The number of aromatic amines is 1. The molecular formula is C16H16N2O2. The maximum atomic E-state index is 12.1. The molecule has 0 unspecified atom stereocenters. The minimum atomic E-state index is -0.0820. The van der Waals surface area contributed by atoms with Crippen molar-refractivity contribution in [3.63, 3.8) is 0 Å². The summed E-state index contributed by atoms with van der Waals surface area (Å²) in [5, 5.41) is 0. The lowest BCUT2D eigenvalue weighted by Gasteiger charge is -2.05. The SMILES string of the molecule is COc1ccc(Cn2c(=O)[nH]c3ccc(C)cc32)cc1. The quantitative estimate of drug-likeness (QED) is 0.794. The zero-order valence-electron chi connectivity index (χ0n) is 11.5. The summed E-state index contributed by atoms with van der Waals surface area (Å²) in [6, 6.07) is 13.7. The second-order valence-corrected chi connectivity index (χ2v) is 4.88. The molecule has 4 nitrogen and oxygen atoms in total. The predicted octanol–water partition coefficient (Wildman–Crippen LogP) is 2.69. The number of nitrogens with zero attached hydrogens (tertiary/aromatic N) is 1. The van der Waals surface area contributed by atoms with Crippen LogP contribution in [0.4, 0.5) is 0 Å². The van der Waals surface area contributed by atoms with E-state index in [0.29, 0.717) is 6.54 Å². The van der Waals surface area contributed by atoms with Crippen molar-refractivity contribution in [2.75, 3.05) is 7.11 Å². The Hall–Kier alpha value is -2.49. The van der Waals surface area contributed by atoms with Gasteiger partial charge in [0.05, 0.1) is 24.7 Å². The van der Waals surface area contributed by atoms with Crippen LogP contribution < -0.4 is 10.4 Å². The molecule has 20 heavy (non-hydrogen) atoms. The van der Waals surface area contributed by atoms with E-state index in [4.69, 9.17) is 4.74 Å². The molecule has 0 amide bonds. The Morgan fingerprint density at radius 3 is 2.60 bits per heavy atom. The molecule has 0 fully saturated rings. The van der Waals surface area contributed by atoms with Crippen molar-refractivity contribution < 1.29 is 4.74 Å². The Balaban J connectivity index is 2.03. The highest BCUT2D eigenvalue weighted by molar-refractivity contribution is 5.76. The van der Waals surface area contributed by atoms with Crippen LogP contribution in [0.15, 0.2) is 47.3 Å². The zero-order chi connectivity index (χ0) is 14.1. The molecule has 1 N–H and O–H groups in total. The molecule has 2 aromatic carbocycles. The first-order valence-corrected chi connectivity index (χ1v) is 6.49. The van der Waals surface area contributed by atoms with E-state index >= 15 is 0 Å². The lowest BCUT2D eigenvalue weighted by Crippen LogP contribution is -2.17. The fourth-order valence-corrected chi connectivity index (χ4v) is 2.33. The third-order valence-electron chi connectivity index (χ3n) is 3.43. The molecule has 0 radical (unpaired) electrons. The summed E-state index contributed by atoms with van der Waals surface area (Å²) in [6.45, 7) is 2.57. The van der Waals surface area contributed by atoms with Gasteiger partial charge in [-0.1, -0.05) is 18.2 Å². The number of hydrogen-bond donors (Lipinski definition) is 1. The largest absolute Gasteiger partial charge is 0.497 e. The van der Waals surface area contributed by atoms with Crippen LogP contribution >= 0.6 is 0 Å². The van der Waals surface area contributed by atoms with Crippen LogP contribution in [-0.4, -0.2) is 16.7 Å². The number of aromatic nitrogens is 2. The first-order valence-electron chi connectivity index (χ1n) is 6.49. The third kappa shape index (κ3) is 2.20. The van der Waals surface area contributed by atoms with Gasteiger partial charge in [0.1, 0.15) is 5.75 Å². The molecule has 0 atom stereocenters. The van der Waals surface area contributed by atoms with Gasteiger partial charge in [-0.2, -0.15) is 0 Å². The van der Waals surface area contributed by atoms with E-state index in [2.05, 4.69) is 4.98 Å². The van der Waals surface area contributed by atoms with Gasteiger partial charge in [0, 0.05) is 0 Å². The van der Waals surface area contributed by atoms with Crippen molar-refractivity contribution in [3.8, 4) is 5.75 Å². The maximum Gasteiger partial charge on any atom is 0.326 e. The highest BCUT2D eigenvalue weighted by atomic mass is 16.5. The average molecular weight is 268 g/mol. The predicted molar refractivity (Wildman–Crippen MR) is 79.4 cm³/mol. The number of nitrogens with one attached hydrogen (secondary N) is 1. The minimum absolute atomic E-state index is 0.0820. The summed E-state index contributed by atoms with van der Waals surface area (Å²) in [6.07, 6.45) is 0. The van der Waals surface area contributed by atoms with Gasteiger partial charge >= 0.3 is 5.69 Å². The summed E-state index contributed by atoms with van der Waals surface area (Å²) in [4.78, 5) is 14.9. The number of methoxy groups -OCH3 is 1. The molecule has 0 aliphatic carbocycles. The molecule has 3 rings (SSSR count). The third-order valence-corrected chi connectivity index (χ3v) is 3.43. The van der Waals surface area contributed by atoms with E-state index in [9.17, 15) is 4.79 Å². The van der Waals surface area contributed by atoms with Crippen LogP contribution in [0.2, 0.25) is 0 Å². The van der Waals surface area contributed by atoms with Crippen LogP contribution in [0.25, 0.3) is 11.0 Å². The van der Waals surface area contributed by atoms with E-state index < -0.39 is 0 Å². The molecule has 0 aliphatic rings. The van der Waals surface area contributed by atoms with Crippen molar-refractivity contribution in [2.45, 2.75) is 13.5 Å². The Bertz CT molecular complexity index is 797. The van der Waals surface area contributed by atoms with Crippen molar-refractivity contribution in [3.05, 3.63) is 64.1 Å². The van der Waals surface area contributed by atoms with Crippen molar-refractivity contribution in [1.82, 2.24) is 9.55 Å². The molecule has 1 aromatic heterocycles. The summed E-state index contributed by atoms with van der Waals surface area (Å²) in [5.74, 6) is 0.816. The van der Waals surface area contributed by atoms with Gasteiger partial charge in [-0.05, 0) is 42.3 Å². The van der Waals surface area contributed by atoms with Crippen molar-refractivity contribution >= 4 is 11.0 Å². The fourth-order valence-electron chi connectivity index (χ4n) is 2.33. The van der Waals surface area contributed by atoms with Crippen LogP contribution in [0.5, 0.6) is 5.75 Å². The number of benzene rings is 2. The Labute approximate surface area is 116 Å². The van der Waals surface area contributed by atoms with E-state index in [1.54, 1.807) is 11.7 Å². The summed E-state index contributed by atoms with van der Waals surface area (Å²) in [5.41, 5.74) is 3.93. The second kappa shape index (κ2) is 4.89. The number of aryl methyl sites for hydroxylation is 1. The molecule has 0 saturated heterocycles. The van der Waals surface area contributed by atoms with Crippen LogP contribution in [0.3, 0.4) is 0 Å². The topological polar surface area (TPSA) is 47.0 Å². The molecule has 0 bridgehead atoms. The first-order chi connectivity index (χ1) is 9.67. The fraction of sp³-hybridized carbons (Fsp3) is 0.188. The Kier molecular flexibility index (Phi) is 3.06. The number of H-pyrrole nitrogens is 1. The second-order valence-electron chi connectivity index (χ2n) is 4.88. The zero-order valence-corrected chi connectivity index (χ0v) is 11.5. The highest BCUT2D eigenvalue weighted by Crippen LogP contribution is 2.16. The minimum Gasteiger partial charge on any atom is -0.497 e. The van der Waals surface area contributed by atoms with E-state index in [-0.39, 0.29) is 5.69 Å². The molecule has 0 spiro atoms. The number of imidazole rings is 1. The van der Waals surface area contributed by atoms with Gasteiger partial charge in [-0.15, -0.1) is 0 Å². The van der Waals surface area contributed by atoms with Crippen LogP contribution in [-0.2, 0) is 6.54 Å². The van der Waals surface area contributed by atoms with E-state index in [1.807, 2.05) is 49.4 Å².